The van der Waals surface area contributed by atoms with Gasteiger partial charge in [-0.25, -0.2) is 9.78 Å². The van der Waals surface area contributed by atoms with E-state index in [1.165, 1.54) is 7.11 Å². The minimum atomic E-state index is -0.406. The van der Waals surface area contributed by atoms with Crippen molar-refractivity contribution in [1.82, 2.24) is 4.98 Å². The van der Waals surface area contributed by atoms with Crippen molar-refractivity contribution in [1.29, 1.82) is 0 Å². The standard InChI is InChI=1S/C13H11IN2O2/c1-18-13(17)11-6-3-7-15-12(11)16-10-5-2-4-9(14)8-10/h2-8H,1H3,(H,15,16). The van der Waals surface area contributed by atoms with Crippen molar-refractivity contribution in [2.24, 2.45) is 0 Å². The summed E-state index contributed by atoms with van der Waals surface area (Å²) in [6.45, 7) is 0. The van der Waals surface area contributed by atoms with E-state index >= 15 is 0 Å². The Morgan fingerprint density at radius 3 is 2.89 bits per heavy atom. The van der Waals surface area contributed by atoms with Crippen molar-refractivity contribution >= 4 is 40.1 Å². The first-order valence-electron chi connectivity index (χ1n) is 5.26. The van der Waals surface area contributed by atoms with Crippen LogP contribution in [0.25, 0.3) is 0 Å². The summed E-state index contributed by atoms with van der Waals surface area (Å²) in [5.41, 5.74) is 1.30. The molecule has 0 radical (unpaired) electrons. The number of carbonyl (C=O) groups is 1. The number of halogens is 1. The third-order valence-corrected chi connectivity index (χ3v) is 2.97. The van der Waals surface area contributed by atoms with E-state index in [1.807, 2.05) is 24.3 Å². The number of pyridine rings is 1. The number of methoxy groups -OCH3 is 1. The number of rotatable bonds is 3. The average Bonchev–Trinajstić information content (AvgIpc) is 2.38. The fourth-order valence-electron chi connectivity index (χ4n) is 1.48. The predicted molar refractivity (Wildman–Crippen MR) is 78.0 cm³/mol. The van der Waals surface area contributed by atoms with Crippen LogP contribution in [-0.4, -0.2) is 18.1 Å². The Morgan fingerprint density at radius 2 is 2.17 bits per heavy atom. The zero-order chi connectivity index (χ0) is 13.0. The molecule has 0 fully saturated rings. The summed E-state index contributed by atoms with van der Waals surface area (Å²) in [6.07, 6.45) is 1.63. The summed E-state index contributed by atoms with van der Waals surface area (Å²) < 4.78 is 5.82. The van der Waals surface area contributed by atoms with Crippen LogP contribution in [-0.2, 0) is 4.74 Å². The molecule has 18 heavy (non-hydrogen) atoms. The van der Waals surface area contributed by atoms with Gasteiger partial charge >= 0.3 is 5.97 Å². The molecule has 0 aliphatic carbocycles. The Morgan fingerprint density at radius 1 is 1.33 bits per heavy atom. The van der Waals surface area contributed by atoms with E-state index in [9.17, 15) is 4.79 Å². The lowest BCUT2D eigenvalue weighted by Gasteiger charge is -2.09. The highest BCUT2D eigenvalue weighted by Crippen LogP contribution is 2.20. The summed E-state index contributed by atoms with van der Waals surface area (Å²) in [6, 6.07) is 11.2. The molecule has 0 saturated heterocycles. The molecule has 0 aliphatic rings. The molecule has 1 aromatic carbocycles. The lowest BCUT2D eigenvalue weighted by molar-refractivity contribution is 0.0601. The van der Waals surface area contributed by atoms with Gasteiger partial charge in [-0.15, -0.1) is 0 Å². The van der Waals surface area contributed by atoms with E-state index in [2.05, 4.69) is 32.9 Å². The third-order valence-electron chi connectivity index (χ3n) is 2.30. The van der Waals surface area contributed by atoms with Gasteiger partial charge in [-0.05, 0) is 52.9 Å². The number of nitrogens with one attached hydrogen (secondary N) is 1. The van der Waals surface area contributed by atoms with E-state index in [0.717, 1.165) is 9.26 Å². The number of benzene rings is 1. The van der Waals surface area contributed by atoms with Crippen LogP contribution in [0.1, 0.15) is 10.4 Å². The molecule has 0 atom stereocenters. The monoisotopic (exact) mass is 354 g/mol. The van der Waals surface area contributed by atoms with E-state index in [-0.39, 0.29) is 0 Å². The molecular weight excluding hydrogens is 343 g/mol. The van der Waals surface area contributed by atoms with Crippen molar-refractivity contribution in [3.8, 4) is 0 Å². The largest absolute Gasteiger partial charge is 0.465 e. The summed E-state index contributed by atoms with van der Waals surface area (Å²) >= 11 is 2.23. The Kier molecular flexibility index (Phi) is 4.14. The van der Waals surface area contributed by atoms with Gasteiger partial charge in [-0.2, -0.15) is 0 Å². The summed E-state index contributed by atoms with van der Waals surface area (Å²) in [7, 11) is 1.35. The van der Waals surface area contributed by atoms with Crippen LogP contribution in [0.3, 0.4) is 0 Å². The molecule has 0 bridgehead atoms. The fraction of sp³-hybridized carbons (Fsp3) is 0.0769. The van der Waals surface area contributed by atoms with Crippen LogP contribution in [0.15, 0.2) is 42.6 Å². The molecule has 4 nitrogen and oxygen atoms in total. The normalized spacial score (nSPS) is 9.89. The van der Waals surface area contributed by atoms with Crippen LogP contribution in [0.2, 0.25) is 0 Å². The number of ether oxygens (including phenoxy) is 1. The third kappa shape index (κ3) is 2.98. The van der Waals surface area contributed by atoms with E-state index < -0.39 is 5.97 Å². The Balaban J connectivity index is 2.32. The maximum Gasteiger partial charge on any atom is 0.341 e. The minimum absolute atomic E-state index is 0.406. The predicted octanol–water partition coefficient (Wildman–Crippen LogP) is 3.22. The Bertz CT molecular complexity index is 572. The number of hydrogen-bond donors (Lipinski definition) is 1. The van der Waals surface area contributed by atoms with Gasteiger partial charge in [-0.3, -0.25) is 0 Å². The maximum absolute atomic E-state index is 11.6. The average molecular weight is 354 g/mol. The summed E-state index contributed by atoms with van der Waals surface area (Å²) in [5, 5.41) is 3.11. The number of nitrogens with zero attached hydrogens (tertiary/aromatic N) is 1. The van der Waals surface area contributed by atoms with Gasteiger partial charge in [0.05, 0.1) is 7.11 Å². The van der Waals surface area contributed by atoms with Crippen molar-refractivity contribution in [2.45, 2.75) is 0 Å². The number of aromatic nitrogens is 1. The Hall–Kier alpha value is -1.63. The van der Waals surface area contributed by atoms with E-state index in [0.29, 0.717) is 11.4 Å². The maximum atomic E-state index is 11.6. The smallest absolute Gasteiger partial charge is 0.341 e. The van der Waals surface area contributed by atoms with Gasteiger partial charge < -0.3 is 10.1 Å². The zero-order valence-corrected chi connectivity index (χ0v) is 11.8. The van der Waals surface area contributed by atoms with Gasteiger partial charge in [0.1, 0.15) is 11.4 Å². The molecule has 0 spiro atoms. The molecule has 1 aromatic heterocycles. The number of esters is 1. The van der Waals surface area contributed by atoms with Crippen LogP contribution in [0.4, 0.5) is 11.5 Å². The minimum Gasteiger partial charge on any atom is -0.465 e. The summed E-state index contributed by atoms with van der Waals surface area (Å²) in [4.78, 5) is 15.7. The quantitative estimate of drug-likeness (QED) is 0.679. The first-order valence-corrected chi connectivity index (χ1v) is 6.34. The van der Waals surface area contributed by atoms with Gasteiger partial charge in [0, 0.05) is 15.5 Å². The highest BCUT2D eigenvalue weighted by atomic mass is 127. The molecule has 2 rings (SSSR count). The van der Waals surface area contributed by atoms with Gasteiger partial charge in [-0.1, -0.05) is 6.07 Å². The highest BCUT2D eigenvalue weighted by Gasteiger charge is 2.12. The van der Waals surface area contributed by atoms with Crippen molar-refractivity contribution in [3.63, 3.8) is 0 Å². The molecule has 0 unspecified atom stereocenters. The fourth-order valence-corrected chi connectivity index (χ4v) is 2.03. The van der Waals surface area contributed by atoms with E-state index in [4.69, 9.17) is 4.74 Å². The second kappa shape index (κ2) is 5.81. The van der Waals surface area contributed by atoms with Gasteiger partial charge in [0.25, 0.3) is 0 Å². The van der Waals surface area contributed by atoms with Gasteiger partial charge in [0.15, 0.2) is 0 Å². The second-order valence-electron chi connectivity index (χ2n) is 3.53. The second-order valence-corrected chi connectivity index (χ2v) is 4.77. The van der Waals surface area contributed by atoms with E-state index in [1.54, 1.807) is 18.3 Å². The highest BCUT2D eigenvalue weighted by molar-refractivity contribution is 14.1. The zero-order valence-electron chi connectivity index (χ0n) is 9.68. The summed E-state index contributed by atoms with van der Waals surface area (Å²) in [5.74, 6) is 0.0857. The van der Waals surface area contributed by atoms with Crippen molar-refractivity contribution in [2.75, 3.05) is 12.4 Å². The van der Waals surface area contributed by atoms with Crippen LogP contribution < -0.4 is 5.32 Å². The molecule has 0 aliphatic heterocycles. The molecule has 0 amide bonds. The van der Waals surface area contributed by atoms with Crippen LogP contribution in [0, 0.1) is 3.57 Å². The molecular formula is C13H11IN2O2. The molecule has 1 heterocycles. The van der Waals surface area contributed by atoms with Crippen LogP contribution >= 0.6 is 22.6 Å². The van der Waals surface area contributed by atoms with Gasteiger partial charge in [0.2, 0.25) is 0 Å². The van der Waals surface area contributed by atoms with Crippen molar-refractivity contribution in [3.05, 3.63) is 51.7 Å². The molecule has 2 aromatic rings. The van der Waals surface area contributed by atoms with Crippen LogP contribution in [0.5, 0.6) is 0 Å². The SMILES string of the molecule is COC(=O)c1cccnc1Nc1cccc(I)c1. The van der Waals surface area contributed by atoms with Crippen molar-refractivity contribution < 1.29 is 9.53 Å². The number of carbonyl (C=O) groups excluding carboxylic acids is 1. The Labute approximate surface area is 119 Å². The topological polar surface area (TPSA) is 51.2 Å². The molecule has 92 valence electrons. The lowest BCUT2D eigenvalue weighted by Crippen LogP contribution is -2.07. The lowest BCUT2D eigenvalue weighted by atomic mass is 10.2. The molecule has 1 N–H and O–H groups in total. The molecule has 0 saturated carbocycles. The first kappa shape index (κ1) is 12.8. The first-order chi connectivity index (χ1) is 8.70. The molecule has 5 heteroatoms. The number of anilines is 2. The number of hydrogen-bond acceptors (Lipinski definition) is 4.